The second-order valence-corrected chi connectivity index (χ2v) is 4.91. The van der Waals surface area contributed by atoms with Crippen LogP contribution in [0, 0.1) is 12.8 Å². The Labute approximate surface area is 98.7 Å². The molecule has 0 radical (unpaired) electrons. The molecule has 2 nitrogen and oxygen atoms in total. The van der Waals surface area contributed by atoms with Gasteiger partial charge in [0, 0.05) is 19.3 Å². The van der Waals surface area contributed by atoms with Gasteiger partial charge in [0.1, 0.15) is 5.82 Å². The molecule has 1 aliphatic rings. The lowest BCUT2D eigenvalue weighted by Gasteiger charge is -2.32. The summed E-state index contributed by atoms with van der Waals surface area (Å²) in [6.07, 6.45) is 7.36. The van der Waals surface area contributed by atoms with Crippen molar-refractivity contribution in [3.05, 3.63) is 23.9 Å². The molecule has 0 spiro atoms. The third-order valence-corrected chi connectivity index (χ3v) is 3.53. The smallest absolute Gasteiger partial charge is 0.128 e. The zero-order valence-electron chi connectivity index (χ0n) is 10.4. The van der Waals surface area contributed by atoms with Crippen LogP contribution in [0.1, 0.15) is 38.2 Å². The van der Waals surface area contributed by atoms with E-state index in [-0.39, 0.29) is 0 Å². The first kappa shape index (κ1) is 11.4. The van der Waals surface area contributed by atoms with Crippen LogP contribution >= 0.6 is 0 Å². The van der Waals surface area contributed by atoms with Crippen LogP contribution < -0.4 is 4.90 Å². The van der Waals surface area contributed by atoms with E-state index in [1.807, 2.05) is 6.20 Å². The van der Waals surface area contributed by atoms with Gasteiger partial charge in [-0.2, -0.15) is 0 Å². The van der Waals surface area contributed by atoms with Crippen LogP contribution in [0.3, 0.4) is 0 Å². The van der Waals surface area contributed by atoms with Crippen molar-refractivity contribution >= 4 is 5.82 Å². The molecular weight excluding hydrogens is 196 g/mol. The summed E-state index contributed by atoms with van der Waals surface area (Å²) < 4.78 is 0. The van der Waals surface area contributed by atoms with Gasteiger partial charge in [0.25, 0.3) is 0 Å². The van der Waals surface area contributed by atoms with Crippen molar-refractivity contribution in [3.63, 3.8) is 0 Å². The molecule has 0 atom stereocenters. The van der Waals surface area contributed by atoms with Crippen LogP contribution in [0.15, 0.2) is 18.3 Å². The van der Waals surface area contributed by atoms with E-state index in [0.717, 1.165) is 11.7 Å². The van der Waals surface area contributed by atoms with Crippen molar-refractivity contribution in [1.29, 1.82) is 0 Å². The first-order chi connectivity index (χ1) is 7.79. The van der Waals surface area contributed by atoms with E-state index < -0.39 is 0 Å². The van der Waals surface area contributed by atoms with Crippen molar-refractivity contribution in [2.24, 2.45) is 5.92 Å². The lowest BCUT2D eigenvalue weighted by Crippen LogP contribution is -2.34. The maximum Gasteiger partial charge on any atom is 0.128 e. The molecule has 2 heteroatoms. The highest BCUT2D eigenvalue weighted by Crippen LogP contribution is 2.24. The van der Waals surface area contributed by atoms with Gasteiger partial charge in [-0.25, -0.2) is 4.98 Å². The Morgan fingerprint density at radius 1 is 1.31 bits per heavy atom. The molecule has 16 heavy (non-hydrogen) atoms. The SMILES string of the molecule is CCCC1CCN(c2ccc(C)cn2)CC1. The summed E-state index contributed by atoms with van der Waals surface area (Å²) in [6, 6.07) is 4.30. The monoisotopic (exact) mass is 218 g/mol. The van der Waals surface area contributed by atoms with Crippen LogP contribution in [0.5, 0.6) is 0 Å². The average molecular weight is 218 g/mol. The largest absolute Gasteiger partial charge is 0.357 e. The number of hydrogen-bond acceptors (Lipinski definition) is 2. The molecule has 1 saturated heterocycles. The topological polar surface area (TPSA) is 16.1 Å². The number of rotatable bonds is 3. The van der Waals surface area contributed by atoms with Crippen LogP contribution in [0.25, 0.3) is 0 Å². The molecule has 0 unspecified atom stereocenters. The summed E-state index contributed by atoms with van der Waals surface area (Å²) >= 11 is 0. The molecule has 0 N–H and O–H groups in total. The Morgan fingerprint density at radius 3 is 2.62 bits per heavy atom. The first-order valence-electron chi connectivity index (χ1n) is 6.47. The van der Waals surface area contributed by atoms with Crippen molar-refractivity contribution in [2.45, 2.75) is 39.5 Å². The number of pyridine rings is 1. The normalized spacial score (nSPS) is 17.8. The highest BCUT2D eigenvalue weighted by Gasteiger charge is 2.18. The molecular formula is C14H22N2. The minimum atomic E-state index is 0.951. The van der Waals surface area contributed by atoms with Gasteiger partial charge in [0.2, 0.25) is 0 Å². The van der Waals surface area contributed by atoms with E-state index in [1.165, 1.54) is 44.3 Å². The summed E-state index contributed by atoms with van der Waals surface area (Å²) in [5.41, 5.74) is 1.24. The predicted molar refractivity (Wildman–Crippen MR) is 68.8 cm³/mol. The quantitative estimate of drug-likeness (QED) is 0.773. The van der Waals surface area contributed by atoms with Gasteiger partial charge in [-0.1, -0.05) is 25.8 Å². The molecule has 0 aromatic carbocycles. The van der Waals surface area contributed by atoms with Crippen molar-refractivity contribution < 1.29 is 0 Å². The molecule has 88 valence electrons. The van der Waals surface area contributed by atoms with Crippen molar-refractivity contribution in [3.8, 4) is 0 Å². The zero-order valence-corrected chi connectivity index (χ0v) is 10.4. The van der Waals surface area contributed by atoms with Gasteiger partial charge in [0.05, 0.1) is 0 Å². The van der Waals surface area contributed by atoms with E-state index >= 15 is 0 Å². The molecule has 0 aliphatic carbocycles. The first-order valence-corrected chi connectivity index (χ1v) is 6.47. The lowest BCUT2D eigenvalue weighted by molar-refractivity contribution is 0.377. The minimum absolute atomic E-state index is 0.951. The van der Waals surface area contributed by atoms with Gasteiger partial charge >= 0.3 is 0 Å². The molecule has 0 saturated carbocycles. The second-order valence-electron chi connectivity index (χ2n) is 4.91. The number of aromatic nitrogens is 1. The Morgan fingerprint density at radius 2 is 2.06 bits per heavy atom. The molecule has 1 aromatic heterocycles. The molecule has 1 fully saturated rings. The molecule has 2 rings (SSSR count). The second kappa shape index (κ2) is 5.33. The van der Waals surface area contributed by atoms with E-state index in [2.05, 4.69) is 35.9 Å². The lowest BCUT2D eigenvalue weighted by atomic mass is 9.92. The number of piperidine rings is 1. The van der Waals surface area contributed by atoms with Gasteiger partial charge in [-0.3, -0.25) is 0 Å². The zero-order chi connectivity index (χ0) is 11.4. The van der Waals surface area contributed by atoms with Crippen molar-refractivity contribution in [1.82, 2.24) is 4.98 Å². The maximum atomic E-state index is 4.50. The number of nitrogens with zero attached hydrogens (tertiary/aromatic N) is 2. The van der Waals surface area contributed by atoms with E-state index in [9.17, 15) is 0 Å². The molecule has 1 aromatic rings. The van der Waals surface area contributed by atoms with Crippen LogP contribution in [-0.2, 0) is 0 Å². The fraction of sp³-hybridized carbons (Fsp3) is 0.643. The fourth-order valence-electron chi connectivity index (χ4n) is 2.51. The van der Waals surface area contributed by atoms with Gasteiger partial charge in [-0.05, 0) is 37.3 Å². The highest BCUT2D eigenvalue weighted by atomic mass is 15.2. The third-order valence-electron chi connectivity index (χ3n) is 3.53. The predicted octanol–water partition coefficient (Wildman–Crippen LogP) is 3.41. The molecule has 1 aliphatic heterocycles. The van der Waals surface area contributed by atoms with Gasteiger partial charge in [-0.15, -0.1) is 0 Å². The average Bonchev–Trinajstić information content (AvgIpc) is 2.32. The Hall–Kier alpha value is -1.05. The van der Waals surface area contributed by atoms with Gasteiger partial charge < -0.3 is 4.90 Å². The number of hydrogen-bond donors (Lipinski definition) is 0. The summed E-state index contributed by atoms with van der Waals surface area (Å²) in [5.74, 6) is 2.10. The molecule has 0 amide bonds. The van der Waals surface area contributed by atoms with Crippen molar-refractivity contribution in [2.75, 3.05) is 18.0 Å². The Bertz CT molecular complexity index is 310. The van der Waals surface area contributed by atoms with E-state index in [1.54, 1.807) is 0 Å². The summed E-state index contributed by atoms with van der Waals surface area (Å²) in [4.78, 5) is 6.92. The van der Waals surface area contributed by atoms with Gasteiger partial charge in [0.15, 0.2) is 0 Å². The summed E-state index contributed by atoms with van der Waals surface area (Å²) in [6.45, 7) is 6.74. The number of anilines is 1. The third kappa shape index (κ3) is 2.75. The minimum Gasteiger partial charge on any atom is -0.357 e. The molecule has 0 bridgehead atoms. The standard InChI is InChI=1S/C14H22N2/c1-3-4-13-7-9-16(10-8-13)14-6-5-12(2)11-15-14/h5-6,11,13H,3-4,7-10H2,1-2H3. The van der Waals surface area contributed by atoms with E-state index in [4.69, 9.17) is 0 Å². The van der Waals surface area contributed by atoms with E-state index in [0.29, 0.717) is 0 Å². The summed E-state index contributed by atoms with van der Waals surface area (Å²) in [7, 11) is 0. The van der Waals surface area contributed by atoms with Crippen LogP contribution in [0.4, 0.5) is 5.82 Å². The fourth-order valence-corrected chi connectivity index (χ4v) is 2.51. The summed E-state index contributed by atoms with van der Waals surface area (Å²) in [5, 5.41) is 0. The Balaban J connectivity index is 1.91. The molecule has 2 heterocycles. The number of aryl methyl sites for hydroxylation is 1. The van der Waals surface area contributed by atoms with Crippen LogP contribution in [0.2, 0.25) is 0 Å². The highest BCUT2D eigenvalue weighted by molar-refractivity contribution is 5.39. The maximum absolute atomic E-state index is 4.50. The Kier molecular flexibility index (Phi) is 3.81. The van der Waals surface area contributed by atoms with Crippen LogP contribution in [-0.4, -0.2) is 18.1 Å².